The van der Waals surface area contributed by atoms with Crippen molar-refractivity contribution in [3.63, 3.8) is 0 Å². The molecule has 0 N–H and O–H groups in total. The molecule has 0 unspecified atom stereocenters. The second kappa shape index (κ2) is 17.7. The Bertz CT molecular complexity index is 4560. The summed E-state index contributed by atoms with van der Waals surface area (Å²) < 4.78 is 7.04. The third-order valence-electron chi connectivity index (χ3n) is 14.8. The molecule has 0 amide bonds. The van der Waals surface area contributed by atoms with Crippen LogP contribution in [0.25, 0.3) is 128 Å². The fourth-order valence-corrected chi connectivity index (χ4v) is 11.3. The predicted octanol–water partition coefficient (Wildman–Crippen LogP) is 15.9. The minimum atomic E-state index is 0.277. The molecule has 0 aliphatic carbocycles. The Morgan fingerprint density at radius 3 is 1.10 bits per heavy atom. The van der Waals surface area contributed by atoms with Crippen LogP contribution < -0.4 is 0 Å². The first kappa shape index (κ1) is 44.3. The average Bonchev–Trinajstić information content (AvgIpc) is 4.27. The van der Waals surface area contributed by atoms with Crippen LogP contribution in [0.1, 0.15) is 22.3 Å². The zero-order valence-corrected chi connectivity index (χ0v) is 40.9. The first-order valence-corrected chi connectivity index (χ1v) is 25.0. The van der Waals surface area contributed by atoms with Crippen molar-refractivity contribution in [3.8, 4) is 86.4 Å². The fourth-order valence-electron chi connectivity index (χ4n) is 11.3. The summed E-state index contributed by atoms with van der Waals surface area (Å²) in [5.74, 6) is 0.356. The fraction of sp³-hybridized carbons (Fsp3) is 0. The van der Waals surface area contributed by atoms with E-state index in [1.807, 2.05) is 36.4 Å². The van der Waals surface area contributed by atoms with Crippen LogP contribution in [0.2, 0.25) is 0 Å². The van der Waals surface area contributed by atoms with Gasteiger partial charge in [0.25, 0.3) is 0 Å². The van der Waals surface area contributed by atoms with Crippen molar-refractivity contribution in [2.45, 2.75) is 0 Å². The lowest BCUT2D eigenvalue weighted by Crippen LogP contribution is -2.00. The molecule has 0 fully saturated rings. The van der Waals surface area contributed by atoms with E-state index >= 15 is 0 Å². The van der Waals surface area contributed by atoms with Crippen LogP contribution in [0.4, 0.5) is 0 Å². The second-order valence-electron chi connectivity index (χ2n) is 19.0. The molecule has 0 bridgehead atoms. The van der Waals surface area contributed by atoms with E-state index < -0.39 is 0 Å². The van der Waals surface area contributed by atoms with Crippen LogP contribution in [-0.4, -0.2) is 23.7 Å². The molecule has 10 aromatic carbocycles. The number of benzene rings is 10. The van der Waals surface area contributed by atoms with E-state index in [9.17, 15) is 21.0 Å². The summed E-state index contributed by atoms with van der Waals surface area (Å²) >= 11 is 0. The number of rotatable bonds is 7. The molecule has 4 heterocycles. The number of fused-ring (bicyclic) bond motifs is 9. The van der Waals surface area contributed by atoms with Crippen LogP contribution >= 0.6 is 0 Å². The molecule has 0 aliphatic heterocycles. The highest BCUT2D eigenvalue weighted by Crippen LogP contribution is 2.41. The SMILES string of the molecule is N#Cc1ccc(-c2cc(-c3c(C#N)cc(-c4ccc(-n5c6ccc(-n7c8ccccc8c8ccccc87)cc6c6cc(-n7c8ccccc8c8ccccc87)ccc65)cc4)cc3C#N)nc(-c3ccc(C#N)cc3)n2)cc1. The lowest BCUT2D eigenvalue weighted by Gasteiger charge is -2.14. The molecule has 14 rings (SSSR count). The van der Waals surface area contributed by atoms with Gasteiger partial charge in [-0.05, 0) is 139 Å². The van der Waals surface area contributed by atoms with Gasteiger partial charge in [0.15, 0.2) is 5.82 Å². The Balaban J connectivity index is 0.912. The van der Waals surface area contributed by atoms with Crippen LogP contribution in [0.3, 0.4) is 0 Å². The number of nitrogens with zero attached hydrogens (tertiary/aromatic N) is 9. The highest BCUT2D eigenvalue weighted by molar-refractivity contribution is 6.14. The van der Waals surface area contributed by atoms with E-state index in [0.29, 0.717) is 45.0 Å². The van der Waals surface area contributed by atoms with Crippen molar-refractivity contribution in [1.82, 2.24) is 23.7 Å². The number of para-hydroxylation sites is 4. The Morgan fingerprint density at radius 2 is 0.662 bits per heavy atom. The standard InChI is InChI=1S/C68H37N9/c69-38-42-17-21-45(22-18-42)59-37-60(74-68(73-59)46-23-19-43(39-70)20-24-46)67-48(40-71)33-47(34-49(67)41-72)44-25-27-50(28-26-44)75-65-31-29-51(76-61-13-5-1-9-53(61)54-10-2-6-14-62(54)76)35-57(65)58-36-52(30-32-66(58)75)77-63-15-7-3-11-55(63)56-12-4-8-16-64(56)77/h1-37H. The van der Waals surface area contributed by atoms with Gasteiger partial charge in [-0.1, -0.05) is 97.1 Å². The van der Waals surface area contributed by atoms with E-state index in [4.69, 9.17) is 9.97 Å². The van der Waals surface area contributed by atoms with Crippen LogP contribution in [-0.2, 0) is 0 Å². The van der Waals surface area contributed by atoms with Gasteiger partial charge < -0.3 is 13.7 Å². The van der Waals surface area contributed by atoms with Crippen molar-refractivity contribution in [1.29, 1.82) is 21.0 Å². The number of hydrogen-bond donors (Lipinski definition) is 0. The maximum absolute atomic E-state index is 10.8. The number of nitriles is 4. The smallest absolute Gasteiger partial charge is 0.160 e. The summed E-state index contributed by atoms with van der Waals surface area (Å²) in [6.07, 6.45) is 0. The molecule has 0 saturated heterocycles. The lowest BCUT2D eigenvalue weighted by atomic mass is 9.92. The van der Waals surface area contributed by atoms with Crippen molar-refractivity contribution < 1.29 is 0 Å². The normalized spacial score (nSPS) is 11.3. The van der Waals surface area contributed by atoms with Gasteiger partial charge in [0.2, 0.25) is 0 Å². The maximum Gasteiger partial charge on any atom is 0.160 e. The molecule has 0 spiro atoms. The monoisotopic (exact) mass is 979 g/mol. The summed E-state index contributed by atoms with van der Waals surface area (Å²) in [4.78, 5) is 9.82. The van der Waals surface area contributed by atoms with Crippen LogP contribution in [0.15, 0.2) is 224 Å². The van der Waals surface area contributed by atoms with E-state index in [0.717, 1.165) is 72.1 Å². The van der Waals surface area contributed by atoms with E-state index in [1.165, 1.54) is 21.5 Å². The van der Waals surface area contributed by atoms with Gasteiger partial charge in [-0.25, -0.2) is 9.97 Å². The van der Waals surface area contributed by atoms with Gasteiger partial charge in [0, 0.05) is 66.1 Å². The average molecular weight is 980 g/mol. The molecule has 0 saturated carbocycles. The summed E-state index contributed by atoms with van der Waals surface area (Å²) in [5.41, 5.74) is 15.5. The highest BCUT2D eigenvalue weighted by atomic mass is 15.0. The molecular weight excluding hydrogens is 943 g/mol. The minimum Gasteiger partial charge on any atom is -0.309 e. The van der Waals surface area contributed by atoms with Gasteiger partial charge in [-0.15, -0.1) is 0 Å². The molecule has 9 heteroatoms. The Hall–Kier alpha value is -11.4. The Morgan fingerprint density at radius 1 is 0.286 bits per heavy atom. The third kappa shape index (κ3) is 7.13. The topological polar surface area (TPSA) is 136 Å². The van der Waals surface area contributed by atoms with Crippen molar-refractivity contribution in [2.75, 3.05) is 0 Å². The first-order chi connectivity index (χ1) is 38.0. The lowest BCUT2D eigenvalue weighted by molar-refractivity contribution is 1.16. The Kier molecular flexibility index (Phi) is 10.2. The highest BCUT2D eigenvalue weighted by Gasteiger charge is 2.22. The van der Waals surface area contributed by atoms with E-state index in [1.54, 1.807) is 42.5 Å². The molecule has 4 aromatic heterocycles. The summed E-state index contributed by atoms with van der Waals surface area (Å²) in [6, 6.07) is 84.6. The summed E-state index contributed by atoms with van der Waals surface area (Å²) in [7, 11) is 0. The molecule has 77 heavy (non-hydrogen) atoms. The number of hydrogen-bond acceptors (Lipinski definition) is 6. The molecule has 354 valence electrons. The van der Waals surface area contributed by atoms with Crippen molar-refractivity contribution in [3.05, 3.63) is 247 Å². The number of aromatic nitrogens is 5. The Labute approximate surface area is 441 Å². The van der Waals surface area contributed by atoms with E-state index in [2.05, 4.69) is 184 Å². The molecule has 0 aliphatic rings. The van der Waals surface area contributed by atoms with Crippen LogP contribution in [0.5, 0.6) is 0 Å². The van der Waals surface area contributed by atoms with Gasteiger partial charge in [0.1, 0.15) is 0 Å². The predicted molar refractivity (Wildman–Crippen MR) is 306 cm³/mol. The van der Waals surface area contributed by atoms with Crippen LogP contribution in [0, 0.1) is 45.3 Å². The van der Waals surface area contributed by atoms with E-state index in [-0.39, 0.29) is 11.1 Å². The van der Waals surface area contributed by atoms with Gasteiger partial charge in [-0.3, -0.25) is 0 Å². The molecular formula is C68H37N9. The summed E-state index contributed by atoms with van der Waals surface area (Å²) in [6.45, 7) is 0. The first-order valence-electron chi connectivity index (χ1n) is 25.0. The maximum atomic E-state index is 10.8. The molecule has 14 aromatic rings. The van der Waals surface area contributed by atoms with Gasteiger partial charge in [-0.2, -0.15) is 21.0 Å². The summed E-state index contributed by atoms with van der Waals surface area (Å²) in [5, 5.41) is 47.6. The zero-order valence-electron chi connectivity index (χ0n) is 40.9. The van der Waals surface area contributed by atoms with Crippen molar-refractivity contribution in [2.24, 2.45) is 0 Å². The van der Waals surface area contributed by atoms with Gasteiger partial charge >= 0.3 is 0 Å². The largest absolute Gasteiger partial charge is 0.309 e. The van der Waals surface area contributed by atoms with Gasteiger partial charge in [0.05, 0.1) is 91.0 Å². The molecule has 0 atom stereocenters. The minimum absolute atomic E-state index is 0.277. The van der Waals surface area contributed by atoms with Crippen molar-refractivity contribution >= 4 is 65.4 Å². The third-order valence-corrected chi connectivity index (χ3v) is 14.8. The second-order valence-corrected chi connectivity index (χ2v) is 19.0. The molecule has 0 radical (unpaired) electrons. The quantitative estimate of drug-likeness (QED) is 0.156. The molecule has 9 nitrogen and oxygen atoms in total. The zero-order chi connectivity index (χ0) is 51.7.